The molecule has 1 aromatic rings. The lowest BCUT2D eigenvalue weighted by molar-refractivity contribution is 0.0384. The van der Waals surface area contributed by atoms with E-state index in [1.807, 2.05) is 0 Å². The Kier molecular flexibility index (Phi) is 3.86. The Morgan fingerprint density at radius 1 is 1.43 bits per heavy atom. The predicted molar refractivity (Wildman–Crippen MR) is 82.6 cm³/mol. The zero-order chi connectivity index (χ0) is 16.8. The molecule has 1 aliphatic heterocycles. The molecule has 126 valence electrons. The van der Waals surface area contributed by atoms with Gasteiger partial charge in [0.15, 0.2) is 0 Å². The minimum atomic E-state index is -3.91. The Hall–Kier alpha value is -1.64. The van der Waals surface area contributed by atoms with Gasteiger partial charge in [0.25, 0.3) is 5.91 Å². The van der Waals surface area contributed by atoms with Crippen LogP contribution in [0.15, 0.2) is 23.1 Å². The van der Waals surface area contributed by atoms with E-state index in [9.17, 15) is 18.3 Å². The van der Waals surface area contributed by atoms with Crippen molar-refractivity contribution in [3.05, 3.63) is 23.8 Å². The van der Waals surface area contributed by atoms with Crippen LogP contribution in [-0.2, 0) is 10.0 Å². The Labute approximate surface area is 135 Å². The summed E-state index contributed by atoms with van der Waals surface area (Å²) in [6, 6.07) is 3.74. The van der Waals surface area contributed by atoms with E-state index in [1.165, 1.54) is 25.3 Å². The molecule has 0 aromatic heterocycles. The zero-order valence-electron chi connectivity index (χ0n) is 12.9. The van der Waals surface area contributed by atoms with Crippen LogP contribution < -0.4 is 9.88 Å². The van der Waals surface area contributed by atoms with Crippen LogP contribution in [0.3, 0.4) is 0 Å². The summed E-state index contributed by atoms with van der Waals surface area (Å²) in [5.74, 6) is -0.0500. The average molecular weight is 340 g/mol. The van der Waals surface area contributed by atoms with Crippen molar-refractivity contribution in [1.29, 1.82) is 0 Å². The number of ether oxygens (including phenoxy) is 1. The topological polar surface area (TPSA) is 110 Å². The SMILES string of the molecule is COc1ccc(S(N)(=O)=O)cc1C(=O)N1CCCC1C1(O)CC1. The molecular formula is C15H20N2O5S. The van der Waals surface area contributed by atoms with Crippen LogP contribution in [0.4, 0.5) is 0 Å². The average Bonchev–Trinajstić information content (AvgIpc) is 3.06. The summed E-state index contributed by atoms with van der Waals surface area (Å²) < 4.78 is 28.3. The second-order valence-electron chi connectivity index (χ2n) is 6.17. The second-order valence-corrected chi connectivity index (χ2v) is 7.73. The van der Waals surface area contributed by atoms with Gasteiger partial charge in [0.1, 0.15) is 5.75 Å². The lowest BCUT2D eigenvalue weighted by Gasteiger charge is -2.29. The molecule has 1 atom stereocenters. The van der Waals surface area contributed by atoms with E-state index in [2.05, 4.69) is 0 Å². The number of sulfonamides is 1. The molecule has 7 nitrogen and oxygen atoms in total. The van der Waals surface area contributed by atoms with Crippen molar-refractivity contribution in [2.24, 2.45) is 5.14 Å². The van der Waals surface area contributed by atoms with Gasteiger partial charge in [-0.05, 0) is 43.9 Å². The number of nitrogens with two attached hydrogens (primary N) is 1. The number of aliphatic hydroxyl groups is 1. The van der Waals surface area contributed by atoms with E-state index < -0.39 is 15.6 Å². The Bertz CT molecular complexity index is 742. The number of amides is 1. The van der Waals surface area contributed by atoms with Gasteiger partial charge in [-0.1, -0.05) is 0 Å². The third kappa shape index (κ3) is 2.93. The number of likely N-dealkylation sites (tertiary alicyclic amines) is 1. The van der Waals surface area contributed by atoms with Gasteiger partial charge in [-0.15, -0.1) is 0 Å². The lowest BCUT2D eigenvalue weighted by atomic mass is 10.1. The number of methoxy groups -OCH3 is 1. The van der Waals surface area contributed by atoms with Crippen molar-refractivity contribution in [2.45, 2.75) is 42.2 Å². The molecule has 1 heterocycles. The predicted octanol–water partition coefficient (Wildman–Crippen LogP) is 0.472. The molecule has 8 heteroatoms. The highest BCUT2D eigenvalue weighted by molar-refractivity contribution is 7.89. The molecule has 1 aromatic carbocycles. The first-order chi connectivity index (χ1) is 10.8. The largest absolute Gasteiger partial charge is 0.496 e. The smallest absolute Gasteiger partial charge is 0.258 e. The second kappa shape index (κ2) is 5.47. The first-order valence-corrected chi connectivity index (χ1v) is 9.05. The van der Waals surface area contributed by atoms with E-state index in [-0.39, 0.29) is 28.2 Å². The van der Waals surface area contributed by atoms with Crippen LogP contribution in [0.5, 0.6) is 5.75 Å². The zero-order valence-corrected chi connectivity index (χ0v) is 13.7. The van der Waals surface area contributed by atoms with E-state index in [0.29, 0.717) is 19.4 Å². The quantitative estimate of drug-likeness (QED) is 0.828. The fourth-order valence-corrected chi connectivity index (χ4v) is 3.76. The molecule has 1 amide bonds. The molecule has 1 unspecified atom stereocenters. The maximum absolute atomic E-state index is 12.9. The highest BCUT2D eigenvalue weighted by Crippen LogP contribution is 2.45. The molecule has 1 saturated heterocycles. The fourth-order valence-electron chi connectivity index (χ4n) is 3.22. The van der Waals surface area contributed by atoms with Crippen molar-refractivity contribution < 1.29 is 23.1 Å². The van der Waals surface area contributed by atoms with Gasteiger partial charge in [0.2, 0.25) is 10.0 Å². The molecule has 3 N–H and O–H groups in total. The van der Waals surface area contributed by atoms with Crippen LogP contribution in [0.2, 0.25) is 0 Å². The van der Waals surface area contributed by atoms with E-state index in [0.717, 1.165) is 12.8 Å². The van der Waals surface area contributed by atoms with Gasteiger partial charge in [0.05, 0.1) is 29.2 Å². The van der Waals surface area contributed by atoms with Gasteiger partial charge in [-0.3, -0.25) is 4.79 Å². The van der Waals surface area contributed by atoms with Gasteiger partial charge < -0.3 is 14.7 Å². The minimum absolute atomic E-state index is 0.137. The lowest BCUT2D eigenvalue weighted by Crippen LogP contribution is -2.44. The van der Waals surface area contributed by atoms with Crippen LogP contribution in [-0.4, -0.2) is 49.6 Å². The number of carbonyl (C=O) groups excluding carboxylic acids is 1. The van der Waals surface area contributed by atoms with Gasteiger partial charge in [0, 0.05) is 6.54 Å². The van der Waals surface area contributed by atoms with Crippen molar-refractivity contribution in [3.63, 3.8) is 0 Å². The summed E-state index contributed by atoms with van der Waals surface area (Å²) in [6.07, 6.45) is 2.95. The number of hydrogen-bond donors (Lipinski definition) is 2. The molecule has 3 rings (SSSR count). The Morgan fingerprint density at radius 3 is 2.70 bits per heavy atom. The maximum Gasteiger partial charge on any atom is 0.258 e. The van der Waals surface area contributed by atoms with Crippen molar-refractivity contribution >= 4 is 15.9 Å². The minimum Gasteiger partial charge on any atom is -0.496 e. The van der Waals surface area contributed by atoms with Crippen molar-refractivity contribution in [2.75, 3.05) is 13.7 Å². The summed E-state index contributed by atoms with van der Waals surface area (Å²) in [5.41, 5.74) is -0.646. The van der Waals surface area contributed by atoms with E-state index >= 15 is 0 Å². The first kappa shape index (κ1) is 16.2. The number of carbonyl (C=O) groups is 1. The number of nitrogens with zero attached hydrogens (tertiary/aromatic N) is 1. The Morgan fingerprint density at radius 2 is 2.13 bits per heavy atom. The van der Waals surface area contributed by atoms with E-state index in [1.54, 1.807) is 4.90 Å². The molecule has 0 radical (unpaired) electrons. The summed E-state index contributed by atoms with van der Waals surface area (Å²) in [5, 5.41) is 15.5. The van der Waals surface area contributed by atoms with Crippen LogP contribution >= 0.6 is 0 Å². The van der Waals surface area contributed by atoms with Gasteiger partial charge >= 0.3 is 0 Å². The standard InChI is InChI=1S/C15H20N2O5S/c1-22-12-5-4-10(23(16,20)21)9-11(12)14(18)17-8-2-3-13(17)15(19)6-7-15/h4-5,9,13,19H,2-3,6-8H2,1H3,(H2,16,20,21). The summed E-state index contributed by atoms with van der Waals surface area (Å²) in [7, 11) is -2.50. The van der Waals surface area contributed by atoms with Crippen molar-refractivity contribution in [3.8, 4) is 5.75 Å². The normalized spacial score (nSPS) is 22.9. The fraction of sp³-hybridized carbons (Fsp3) is 0.533. The Balaban J connectivity index is 1.98. The monoisotopic (exact) mass is 340 g/mol. The highest BCUT2D eigenvalue weighted by Gasteiger charge is 2.52. The van der Waals surface area contributed by atoms with Gasteiger partial charge in [-0.2, -0.15) is 0 Å². The number of hydrogen-bond acceptors (Lipinski definition) is 5. The summed E-state index contributed by atoms with van der Waals surface area (Å²) in [6.45, 7) is 0.536. The first-order valence-electron chi connectivity index (χ1n) is 7.50. The highest BCUT2D eigenvalue weighted by atomic mass is 32.2. The molecule has 23 heavy (non-hydrogen) atoms. The van der Waals surface area contributed by atoms with Crippen molar-refractivity contribution in [1.82, 2.24) is 4.90 Å². The van der Waals surface area contributed by atoms with Crippen LogP contribution in [0.25, 0.3) is 0 Å². The van der Waals surface area contributed by atoms with Crippen LogP contribution in [0.1, 0.15) is 36.0 Å². The third-order valence-electron chi connectivity index (χ3n) is 4.63. The molecule has 0 bridgehead atoms. The molecule has 2 aliphatic rings. The van der Waals surface area contributed by atoms with Gasteiger partial charge in [-0.25, -0.2) is 13.6 Å². The van der Waals surface area contributed by atoms with E-state index in [4.69, 9.17) is 9.88 Å². The number of benzene rings is 1. The maximum atomic E-state index is 12.9. The molecule has 1 saturated carbocycles. The summed E-state index contributed by atoms with van der Waals surface area (Å²) >= 11 is 0. The summed E-state index contributed by atoms with van der Waals surface area (Å²) in [4.78, 5) is 14.4. The van der Waals surface area contributed by atoms with Crippen LogP contribution in [0, 0.1) is 0 Å². The molecule has 0 spiro atoms. The number of rotatable bonds is 4. The molecule has 2 fully saturated rings. The molecular weight excluding hydrogens is 320 g/mol. The third-order valence-corrected chi connectivity index (χ3v) is 5.54. The number of primary sulfonamides is 1. The molecule has 1 aliphatic carbocycles.